The summed E-state index contributed by atoms with van der Waals surface area (Å²) in [6, 6.07) is 2.83. The van der Waals surface area contributed by atoms with Gasteiger partial charge in [-0.2, -0.15) is 26.6 Å². The van der Waals surface area contributed by atoms with E-state index in [2.05, 4.69) is 15.2 Å². The lowest BCUT2D eigenvalue weighted by atomic mass is 9.81. The second-order valence-corrected chi connectivity index (χ2v) is 9.56. The molecule has 0 amide bonds. The number of likely N-dealkylation sites (N-methyl/N-ethyl adjacent to an activating group) is 1. The van der Waals surface area contributed by atoms with Crippen molar-refractivity contribution < 1.29 is 21.6 Å². The minimum atomic E-state index is -5.68. The van der Waals surface area contributed by atoms with Crippen molar-refractivity contribution in [3.63, 3.8) is 0 Å². The van der Waals surface area contributed by atoms with Crippen molar-refractivity contribution in [1.82, 2.24) is 9.55 Å². The molecule has 14 heteroatoms. The van der Waals surface area contributed by atoms with Crippen LogP contribution < -0.4 is 21.1 Å². The second-order valence-electron chi connectivity index (χ2n) is 7.89. The Balaban J connectivity index is 2.17. The smallest absolute Gasteiger partial charge is 0.382 e. The van der Waals surface area contributed by atoms with Crippen LogP contribution in [0.1, 0.15) is 26.3 Å². The lowest BCUT2D eigenvalue weighted by Crippen LogP contribution is -2.36. The van der Waals surface area contributed by atoms with Crippen molar-refractivity contribution in [2.24, 2.45) is 17.3 Å². The van der Waals surface area contributed by atoms with Gasteiger partial charge < -0.3 is 16.4 Å². The lowest BCUT2D eigenvalue weighted by Gasteiger charge is -2.28. The number of nitrogen functional groups attached to an aromatic ring is 2. The third-order valence-corrected chi connectivity index (χ3v) is 6.85. The molecule has 0 spiro atoms. The van der Waals surface area contributed by atoms with Crippen LogP contribution in [-0.4, -0.2) is 36.6 Å². The zero-order chi connectivity index (χ0) is 23.5. The number of benzene rings is 1. The monoisotopic (exact) mass is 460 g/mol. The Morgan fingerprint density at radius 2 is 1.81 bits per heavy atom. The van der Waals surface area contributed by atoms with E-state index in [-0.39, 0.29) is 40.4 Å². The molecule has 1 aliphatic heterocycles. The number of azo groups is 1. The molecule has 1 aliphatic rings. The Kier molecular flexibility index (Phi) is 5.12. The van der Waals surface area contributed by atoms with E-state index in [1.807, 2.05) is 25.7 Å². The normalized spacial score (nSPS) is 18.6. The highest BCUT2D eigenvalue weighted by molar-refractivity contribution is 7.93. The second kappa shape index (κ2) is 7.00. The van der Waals surface area contributed by atoms with E-state index in [0.717, 1.165) is 5.56 Å². The predicted octanol–water partition coefficient (Wildman–Crippen LogP) is 3.38. The van der Waals surface area contributed by atoms with Gasteiger partial charge in [-0.1, -0.05) is 13.8 Å². The summed E-state index contributed by atoms with van der Waals surface area (Å²) in [6.07, 6.45) is 0. The Morgan fingerprint density at radius 1 is 1.19 bits per heavy atom. The van der Waals surface area contributed by atoms with E-state index < -0.39 is 15.5 Å². The van der Waals surface area contributed by atoms with Crippen molar-refractivity contribution >= 4 is 44.7 Å². The van der Waals surface area contributed by atoms with Gasteiger partial charge in [0.25, 0.3) is 5.95 Å². The molecule has 10 nitrogen and oxygen atoms in total. The van der Waals surface area contributed by atoms with Gasteiger partial charge in [-0.3, -0.25) is 9.29 Å². The van der Waals surface area contributed by atoms with Gasteiger partial charge in [0.2, 0.25) is 0 Å². The fourth-order valence-corrected chi connectivity index (χ4v) is 3.95. The molecular weight excluding hydrogens is 437 g/mol. The van der Waals surface area contributed by atoms with Crippen molar-refractivity contribution in [3.05, 3.63) is 17.7 Å². The molecule has 1 aromatic heterocycles. The fraction of sp³-hybridized carbons (Fsp3) is 0.471. The highest BCUT2D eigenvalue weighted by Crippen LogP contribution is 2.48. The summed E-state index contributed by atoms with van der Waals surface area (Å²) in [5.41, 5.74) is 6.36. The Morgan fingerprint density at radius 3 is 2.32 bits per heavy atom. The molecule has 0 saturated heterocycles. The van der Waals surface area contributed by atoms with Gasteiger partial charge in [0.05, 0.1) is 5.69 Å². The largest absolute Gasteiger partial charge is 0.516 e. The van der Waals surface area contributed by atoms with Gasteiger partial charge in [-0.25, -0.2) is 0 Å². The number of nitrogens with two attached hydrogens (primary N) is 2. The summed E-state index contributed by atoms with van der Waals surface area (Å²) in [6.45, 7) is 5.90. The summed E-state index contributed by atoms with van der Waals surface area (Å²) in [5, 5.41) is 7.88. The number of aromatic nitrogens is 2. The molecule has 170 valence electrons. The van der Waals surface area contributed by atoms with Crippen LogP contribution in [0.4, 0.5) is 47.8 Å². The highest BCUT2D eigenvalue weighted by atomic mass is 32.2. The zero-order valence-electron chi connectivity index (χ0n) is 17.5. The third-order valence-electron chi connectivity index (χ3n) is 5.75. The van der Waals surface area contributed by atoms with Crippen LogP contribution in [-0.2, 0) is 22.5 Å². The Labute approximate surface area is 177 Å². The maximum absolute atomic E-state index is 13.0. The number of imidazole rings is 1. The van der Waals surface area contributed by atoms with E-state index >= 15 is 0 Å². The van der Waals surface area contributed by atoms with E-state index in [1.54, 1.807) is 11.8 Å². The van der Waals surface area contributed by atoms with E-state index in [4.69, 9.17) is 11.5 Å². The molecule has 2 aromatic rings. The molecule has 31 heavy (non-hydrogen) atoms. The number of rotatable bonds is 4. The molecule has 3 rings (SSSR count). The van der Waals surface area contributed by atoms with E-state index in [1.165, 1.54) is 23.7 Å². The maximum atomic E-state index is 13.0. The number of anilines is 4. The van der Waals surface area contributed by atoms with Crippen LogP contribution in [0.2, 0.25) is 0 Å². The first-order valence-corrected chi connectivity index (χ1v) is 10.6. The fourth-order valence-electron chi connectivity index (χ4n) is 3.38. The number of hydrogen-bond donors (Lipinski definition) is 3. The SMILES string of the molecule is CC1N(C)c2cc(NS(=O)(=O)C(F)(F)F)c(N=Nc3nc(N)c(N)n3C)cc2C1(C)C. The highest BCUT2D eigenvalue weighted by Gasteiger charge is 2.47. The molecule has 1 atom stereocenters. The van der Waals surface area contributed by atoms with E-state index in [9.17, 15) is 21.6 Å². The number of fused-ring (bicyclic) bond motifs is 1. The van der Waals surface area contributed by atoms with Crippen LogP contribution in [0.3, 0.4) is 0 Å². The summed E-state index contributed by atoms with van der Waals surface area (Å²) in [4.78, 5) is 5.78. The van der Waals surface area contributed by atoms with Gasteiger partial charge in [-0.15, -0.1) is 10.2 Å². The van der Waals surface area contributed by atoms with E-state index in [0.29, 0.717) is 5.69 Å². The lowest BCUT2D eigenvalue weighted by molar-refractivity contribution is -0.0429. The van der Waals surface area contributed by atoms with Crippen molar-refractivity contribution in [2.45, 2.75) is 37.7 Å². The first kappa shape index (κ1) is 22.7. The molecule has 1 unspecified atom stereocenters. The number of nitrogens with zero attached hydrogens (tertiary/aromatic N) is 5. The summed E-state index contributed by atoms with van der Waals surface area (Å²) in [7, 11) is -2.37. The van der Waals surface area contributed by atoms with Crippen molar-refractivity contribution in [3.8, 4) is 0 Å². The van der Waals surface area contributed by atoms with Gasteiger partial charge >= 0.3 is 15.5 Å². The molecule has 1 aromatic carbocycles. The summed E-state index contributed by atoms with van der Waals surface area (Å²) in [5.74, 6) is 0.155. The standard InChI is InChI=1S/C17H23F3N8O2S/c1-8-16(2,3)9-6-10(24-25-15-23-13(21)14(22)28(15)5)11(7-12(9)27(8)4)26-31(29,30)17(18,19)20/h6-8,26H,21-22H2,1-5H3. The minimum Gasteiger partial charge on any atom is -0.382 e. The predicted molar refractivity (Wildman–Crippen MR) is 112 cm³/mol. The minimum absolute atomic E-state index is 0.00380. The van der Waals surface area contributed by atoms with Crippen LogP contribution >= 0.6 is 0 Å². The number of hydrogen-bond acceptors (Lipinski definition) is 8. The molecule has 2 heterocycles. The first-order chi connectivity index (χ1) is 14.1. The average Bonchev–Trinajstić information content (AvgIpc) is 2.99. The average molecular weight is 460 g/mol. The molecule has 0 bridgehead atoms. The van der Waals surface area contributed by atoms with Crippen LogP contribution in [0.25, 0.3) is 0 Å². The number of nitrogens with one attached hydrogen (secondary N) is 1. The quantitative estimate of drug-likeness (QED) is 0.597. The Hall–Kier alpha value is -3.03. The summed E-state index contributed by atoms with van der Waals surface area (Å²) < 4.78 is 65.4. The number of alkyl halides is 3. The maximum Gasteiger partial charge on any atom is 0.516 e. The molecule has 5 N–H and O–H groups in total. The topological polar surface area (TPSA) is 144 Å². The van der Waals surface area contributed by atoms with Gasteiger partial charge in [0.15, 0.2) is 5.82 Å². The van der Waals surface area contributed by atoms with Crippen LogP contribution in [0, 0.1) is 0 Å². The van der Waals surface area contributed by atoms with Gasteiger partial charge in [-0.05, 0) is 24.6 Å². The molecule has 0 radical (unpaired) electrons. The van der Waals surface area contributed by atoms with Gasteiger partial charge in [0, 0.05) is 31.2 Å². The third kappa shape index (κ3) is 3.64. The Bertz CT molecular complexity index is 1170. The molecule has 0 saturated carbocycles. The number of halogens is 3. The molecule has 0 fully saturated rings. The first-order valence-electron chi connectivity index (χ1n) is 9.07. The van der Waals surface area contributed by atoms with Crippen molar-refractivity contribution in [2.75, 3.05) is 28.1 Å². The summed E-state index contributed by atoms with van der Waals surface area (Å²) >= 11 is 0. The zero-order valence-corrected chi connectivity index (χ0v) is 18.3. The molecule has 0 aliphatic carbocycles. The van der Waals surface area contributed by atoms with Crippen LogP contribution in [0.15, 0.2) is 22.4 Å². The number of sulfonamides is 1. The van der Waals surface area contributed by atoms with Crippen molar-refractivity contribution in [1.29, 1.82) is 0 Å². The van der Waals surface area contributed by atoms with Gasteiger partial charge in [0.1, 0.15) is 11.5 Å². The van der Waals surface area contributed by atoms with Crippen LogP contribution in [0.5, 0.6) is 0 Å². The molecular formula is C17H23F3N8O2S.